The lowest BCUT2D eigenvalue weighted by molar-refractivity contribution is 0.624. The van der Waals surface area contributed by atoms with Gasteiger partial charge in [0.15, 0.2) is 0 Å². The van der Waals surface area contributed by atoms with Gasteiger partial charge in [0.25, 0.3) is 0 Å². The van der Waals surface area contributed by atoms with Crippen molar-refractivity contribution >= 4 is 22.9 Å². The molecule has 0 saturated heterocycles. The Bertz CT molecular complexity index is 536. The van der Waals surface area contributed by atoms with Crippen molar-refractivity contribution in [2.24, 2.45) is 0 Å². The van der Waals surface area contributed by atoms with Crippen molar-refractivity contribution in [1.82, 2.24) is 0 Å². The number of rotatable bonds is 3. The quantitative estimate of drug-likeness (QED) is 0.662. The molecule has 0 amide bonds. The lowest BCUT2D eigenvalue weighted by atomic mass is 9.99. The second kappa shape index (κ2) is 5.41. The summed E-state index contributed by atoms with van der Waals surface area (Å²) in [5.74, 6) is -0.196. The molecule has 18 heavy (non-hydrogen) atoms. The molecule has 0 aliphatic carbocycles. The number of thiophene rings is 1. The molecule has 0 N–H and O–H groups in total. The zero-order chi connectivity index (χ0) is 13.3. The molecule has 1 unspecified atom stereocenters. The van der Waals surface area contributed by atoms with Crippen LogP contribution in [0.15, 0.2) is 24.3 Å². The van der Waals surface area contributed by atoms with Gasteiger partial charge < -0.3 is 0 Å². The van der Waals surface area contributed by atoms with Gasteiger partial charge in [0.05, 0.1) is 5.38 Å². The molecule has 0 fully saturated rings. The summed E-state index contributed by atoms with van der Waals surface area (Å²) in [4.78, 5) is 2.46. The number of benzene rings is 1. The molecule has 0 saturated carbocycles. The molecule has 0 bridgehead atoms. The van der Waals surface area contributed by atoms with Crippen LogP contribution in [0.2, 0.25) is 0 Å². The molecular weight excluding hydrogens is 267 g/mol. The van der Waals surface area contributed by atoms with E-state index in [1.807, 2.05) is 13.8 Å². The van der Waals surface area contributed by atoms with Crippen molar-refractivity contribution in [3.8, 4) is 0 Å². The Labute approximate surface area is 116 Å². The van der Waals surface area contributed by atoms with E-state index in [-0.39, 0.29) is 11.2 Å². The maximum Gasteiger partial charge on any atom is 0.123 e. The molecule has 0 radical (unpaired) electrons. The summed E-state index contributed by atoms with van der Waals surface area (Å²) < 4.78 is 13.3. The van der Waals surface area contributed by atoms with Gasteiger partial charge in [-0.05, 0) is 61.2 Å². The zero-order valence-corrected chi connectivity index (χ0v) is 12.3. The smallest absolute Gasteiger partial charge is 0.123 e. The van der Waals surface area contributed by atoms with E-state index in [0.717, 1.165) is 28.0 Å². The number of halogens is 2. The number of aryl methyl sites for hydroxylation is 3. The van der Waals surface area contributed by atoms with Crippen LogP contribution in [0.5, 0.6) is 0 Å². The van der Waals surface area contributed by atoms with Gasteiger partial charge in [-0.2, -0.15) is 0 Å². The van der Waals surface area contributed by atoms with E-state index >= 15 is 0 Å². The van der Waals surface area contributed by atoms with Crippen molar-refractivity contribution in [3.63, 3.8) is 0 Å². The van der Waals surface area contributed by atoms with Crippen LogP contribution in [0.4, 0.5) is 4.39 Å². The fraction of sp³-hybridized carbons (Fsp3) is 0.333. The highest BCUT2D eigenvalue weighted by Crippen LogP contribution is 2.37. The van der Waals surface area contributed by atoms with Crippen LogP contribution in [-0.2, 0) is 6.42 Å². The minimum atomic E-state index is -0.196. The van der Waals surface area contributed by atoms with E-state index < -0.39 is 0 Å². The van der Waals surface area contributed by atoms with Crippen LogP contribution in [0.3, 0.4) is 0 Å². The number of hydrogen-bond donors (Lipinski definition) is 0. The molecule has 96 valence electrons. The Hall–Kier alpha value is -0.860. The number of alkyl halides is 1. The average molecular weight is 283 g/mol. The second-order valence-corrected chi connectivity index (χ2v) is 6.11. The largest absolute Gasteiger partial charge is 0.207 e. The maximum absolute atomic E-state index is 13.3. The van der Waals surface area contributed by atoms with Gasteiger partial charge in [0.2, 0.25) is 0 Å². The summed E-state index contributed by atoms with van der Waals surface area (Å²) >= 11 is 8.28. The van der Waals surface area contributed by atoms with Gasteiger partial charge >= 0.3 is 0 Å². The van der Waals surface area contributed by atoms with E-state index in [0.29, 0.717) is 0 Å². The average Bonchev–Trinajstić information content (AvgIpc) is 2.75. The SMILES string of the molecule is CCc1ccc(C(Cl)c2c(C)cc(F)cc2C)s1. The van der Waals surface area contributed by atoms with E-state index in [9.17, 15) is 4.39 Å². The molecule has 1 heterocycles. The predicted molar refractivity (Wildman–Crippen MR) is 77.3 cm³/mol. The molecular formula is C15H16ClFS. The summed E-state index contributed by atoms with van der Waals surface area (Å²) in [6.45, 7) is 5.96. The van der Waals surface area contributed by atoms with Gasteiger partial charge in [0, 0.05) is 9.75 Å². The van der Waals surface area contributed by atoms with E-state index in [4.69, 9.17) is 11.6 Å². The van der Waals surface area contributed by atoms with Crippen molar-refractivity contribution in [2.75, 3.05) is 0 Å². The molecule has 0 nitrogen and oxygen atoms in total. The Morgan fingerprint density at radius 2 is 1.83 bits per heavy atom. The third-order valence-corrected chi connectivity index (χ3v) is 4.97. The molecule has 1 atom stereocenters. The van der Waals surface area contributed by atoms with E-state index in [1.165, 1.54) is 4.88 Å². The van der Waals surface area contributed by atoms with Gasteiger partial charge in [-0.25, -0.2) is 4.39 Å². The van der Waals surface area contributed by atoms with Crippen molar-refractivity contribution < 1.29 is 4.39 Å². The third kappa shape index (κ3) is 2.60. The highest BCUT2D eigenvalue weighted by molar-refractivity contribution is 7.12. The molecule has 2 rings (SSSR count). The predicted octanol–water partition coefficient (Wildman–Crippen LogP) is 5.39. The summed E-state index contributed by atoms with van der Waals surface area (Å²) in [6, 6.07) is 7.28. The van der Waals surface area contributed by atoms with Gasteiger partial charge in [-0.1, -0.05) is 6.92 Å². The van der Waals surface area contributed by atoms with Crippen molar-refractivity contribution in [3.05, 3.63) is 56.5 Å². The van der Waals surface area contributed by atoms with Crippen molar-refractivity contribution in [1.29, 1.82) is 0 Å². The van der Waals surface area contributed by atoms with Gasteiger partial charge in [-0.3, -0.25) is 0 Å². The zero-order valence-electron chi connectivity index (χ0n) is 10.8. The van der Waals surface area contributed by atoms with Gasteiger partial charge in [-0.15, -0.1) is 22.9 Å². The molecule has 2 aromatic rings. The summed E-state index contributed by atoms with van der Waals surface area (Å²) in [7, 11) is 0. The minimum absolute atomic E-state index is 0.184. The molecule has 1 aromatic heterocycles. The maximum atomic E-state index is 13.3. The van der Waals surface area contributed by atoms with Crippen LogP contribution in [0.1, 0.15) is 38.7 Å². The summed E-state index contributed by atoms with van der Waals surface area (Å²) in [5.41, 5.74) is 2.86. The van der Waals surface area contributed by atoms with E-state index in [2.05, 4.69) is 19.1 Å². The van der Waals surface area contributed by atoms with Gasteiger partial charge in [0.1, 0.15) is 5.82 Å². The summed E-state index contributed by atoms with van der Waals surface area (Å²) in [5, 5.41) is -0.184. The summed E-state index contributed by atoms with van der Waals surface area (Å²) in [6.07, 6.45) is 1.02. The third-order valence-electron chi connectivity index (χ3n) is 3.09. The first kappa shape index (κ1) is 13.6. The van der Waals surface area contributed by atoms with Crippen LogP contribution < -0.4 is 0 Å². The Morgan fingerprint density at radius 3 is 2.33 bits per heavy atom. The molecule has 3 heteroatoms. The highest BCUT2D eigenvalue weighted by Gasteiger charge is 2.18. The second-order valence-electron chi connectivity index (χ2n) is 4.47. The first-order valence-corrected chi connectivity index (χ1v) is 7.27. The lowest BCUT2D eigenvalue weighted by Gasteiger charge is -2.14. The highest BCUT2D eigenvalue weighted by atomic mass is 35.5. The molecule has 0 aliphatic rings. The van der Waals surface area contributed by atoms with E-state index in [1.54, 1.807) is 23.5 Å². The Kier molecular flexibility index (Phi) is 4.08. The van der Waals surface area contributed by atoms with Crippen LogP contribution in [-0.4, -0.2) is 0 Å². The lowest BCUT2D eigenvalue weighted by Crippen LogP contribution is -1.99. The molecule has 0 aliphatic heterocycles. The van der Waals surface area contributed by atoms with Crippen LogP contribution in [0.25, 0.3) is 0 Å². The molecule has 0 spiro atoms. The first-order valence-electron chi connectivity index (χ1n) is 6.02. The molecule has 1 aromatic carbocycles. The normalized spacial score (nSPS) is 12.7. The minimum Gasteiger partial charge on any atom is -0.207 e. The fourth-order valence-electron chi connectivity index (χ4n) is 2.18. The fourth-order valence-corrected chi connectivity index (χ4v) is 3.68. The van der Waals surface area contributed by atoms with Crippen molar-refractivity contribution in [2.45, 2.75) is 32.6 Å². The monoisotopic (exact) mass is 282 g/mol. The Balaban J connectivity index is 2.42. The number of hydrogen-bond acceptors (Lipinski definition) is 1. The topological polar surface area (TPSA) is 0 Å². The Morgan fingerprint density at radius 1 is 1.22 bits per heavy atom. The van der Waals surface area contributed by atoms with Crippen LogP contribution >= 0.6 is 22.9 Å². The standard InChI is InChI=1S/C15H16ClFS/c1-4-12-5-6-13(18-12)15(16)14-9(2)7-11(17)8-10(14)3/h5-8,15H,4H2,1-3H3. The van der Waals surface area contributed by atoms with Crippen LogP contribution in [0, 0.1) is 19.7 Å². The first-order chi connectivity index (χ1) is 8.52.